The summed E-state index contributed by atoms with van der Waals surface area (Å²) in [6.07, 6.45) is 2.13. The van der Waals surface area contributed by atoms with Crippen LogP contribution in [0.1, 0.15) is 25.3 Å². The van der Waals surface area contributed by atoms with Gasteiger partial charge in [0.25, 0.3) is 0 Å². The second-order valence-corrected chi connectivity index (χ2v) is 4.65. The average molecular weight is 247 g/mol. The van der Waals surface area contributed by atoms with Crippen molar-refractivity contribution in [2.45, 2.75) is 25.8 Å². The summed E-state index contributed by atoms with van der Waals surface area (Å²) in [4.78, 5) is 2.41. The lowest BCUT2D eigenvalue weighted by molar-refractivity contribution is 0.229. The molecule has 0 radical (unpaired) electrons. The van der Waals surface area contributed by atoms with E-state index < -0.39 is 0 Å². The third-order valence-electron chi connectivity index (χ3n) is 3.50. The summed E-state index contributed by atoms with van der Waals surface area (Å²) < 4.78 is 13.0. The third kappa shape index (κ3) is 2.99. The molecule has 96 valence electrons. The summed E-state index contributed by atoms with van der Waals surface area (Å²) in [6, 6.07) is 6.74. The van der Waals surface area contributed by atoms with Crippen LogP contribution >= 0.6 is 0 Å². The number of hydrogen-bond acceptors (Lipinski definition) is 3. The van der Waals surface area contributed by atoms with Gasteiger partial charge in [0.2, 0.25) is 0 Å². The second kappa shape index (κ2) is 5.83. The quantitative estimate of drug-likeness (QED) is 0.892. The third-order valence-corrected chi connectivity index (χ3v) is 3.50. The lowest BCUT2D eigenvalue weighted by atomic mass is 10.0. The predicted molar refractivity (Wildman–Crippen MR) is 69.9 cm³/mol. The first kappa shape index (κ1) is 12.8. The molecule has 4 heteroatoms. The maximum absolute atomic E-state index is 13.0. The molecule has 18 heavy (non-hydrogen) atoms. The first-order valence-electron chi connectivity index (χ1n) is 6.41. The van der Waals surface area contributed by atoms with E-state index >= 15 is 0 Å². The molecule has 0 spiro atoms. The molecule has 2 rings (SSSR count). The van der Waals surface area contributed by atoms with E-state index in [1.54, 1.807) is 6.07 Å². The van der Waals surface area contributed by atoms with Gasteiger partial charge in [-0.3, -0.25) is 0 Å². The summed E-state index contributed by atoms with van der Waals surface area (Å²) in [5.41, 5.74) is 1.13. The van der Waals surface area contributed by atoms with Crippen molar-refractivity contribution in [3.63, 3.8) is 0 Å². The van der Waals surface area contributed by atoms with Gasteiger partial charge in [0, 0.05) is 19.1 Å². The SMILES string of the molecule is CCN1CCC(Nc2ccc(F)cc2C#N)CC1. The molecule has 1 aliphatic heterocycles. The molecule has 0 atom stereocenters. The Kier molecular flexibility index (Phi) is 4.16. The topological polar surface area (TPSA) is 39.1 Å². The van der Waals surface area contributed by atoms with Crippen LogP contribution in [0.25, 0.3) is 0 Å². The normalized spacial score (nSPS) is 17.4. The Bertz CT molecular complexity index is 445. The van der Waals surface area contributed by atoms with Crippen molar-refractivity contribution in [1.29, 1.82) is 5.26 Å². The number of nitrogens with one attached hydrogen (secondary N) is 1. The van der Waals surface area contributed by atoms with Gasteiger partial charge in [-0.15, -0.1) is 0 Å². The largest absolute Gasteiger partial charge is 0.381 e. The van der Waals surface area contributed by atoms with Crippen LogP contribution < -0.4 is 5.32 Å². The van der Waals surface area contributed by atoms with Crippen molar-refractivity contribution >= 4 is 5.69 Å². The van der Waals surface area contributed by atoms with E-state index in [0.717, 1.165) is 38.2 Å². The van der Waals surface area contributed by atoms with Crippen molar-refractivity contribution in [2.24, 2.45) is 0 Å². The maximum atomic E-state index is 13.0. The highest BCUT2D eigenvalue weighted by atomic mass is 19.1. The number of hydrogen-bond donors (Lipinski definition) is 1. The van der Waals surface area contributed by atoms with Crippen LogP contribution in [0, 0.1) is 17.1 Å². The molecule has 1 heterocycles. The summed E-state index contributed by atoms with van der Waals surface area (Å²) in [6.45, 7) is 5.42. The highest BCUT2D eigenvalue weighted by Crippen LogP contribution is 2.20. The smallest absolute Gasteiger partial charge is 0.124 e. The minimum Gasteiger partial charge on any atom is -0.381 e. The first-order chi connectivity index (χ1) is 8.72. The number of anilines is 1. The lowest BCUT2D eigenvalue weighted by Crippen LogP contribution is -2.38. The summed E-state index contributed by atoms with van der Waals surface area (Å²) in [5.74, 6) is -0.363. The molecule has 0 aromatic heterocycles. The van der Waals surface area contributed by atoms with Gasteiger partial charge in [-0.05, 0) is 37.6 Å². The first-order valence-corrected chi connectivity index (χ1v) is 6.41. The van der Waals surface area contributed by atoms with Gasteiger partial charge in [0.05, 0.1) is 11.3 Å². The Morgan fingerprint density at radius 3 is 2.78 bits per heavy atom. The van der Waals surface area contributed by atoms with Crippen molar-refractivity contribution in [3.8, 4) is 6.07 Å². The number of nitrogens with zero attached hydrogens (tertiary/aromatic N) is 2. The summed E-state index contributed by atoms with van der Waals surface area (Å²) >= 11 is 0. The van der Waals surface area contributed by atoms with Crippen LogP contribution in [0.2, 0.25) is 0 Å². The number of rotatable bonds is 3. The zero-order valence-corrected chi connectivity index (χ0v) is 10.6. The zero-order chi connectivity index (χ0) is 13.0. The molecule has 3 nitrogen and oxygen atoms in total. The fourth-order valence-corrected chi connectivity index (χ4v) is 2.35. The van der Waals surface area contributed by atoms with E-state index in [1.165, 1.54) is 12.1 Å². The molecular weight excluding hydrogens is 229 g/mol. The van der Waals surface area contributed by atoms with Gasteiger partial charge in [0.1, 0.15) is 11.9 Å². The van der Waals surface area contributed by atoms with Gasteiger partial charge >= 0.3 is 0 Å². The van der Waals surface area contributed by atoms with Gasteiger partial charge in [-0.25, -0.2) is 4.39 Å². The fourth-order valence-electron chi connectivity index (χ4n) is 2.35. The molecule has 1 saturated heterocycles. The number of piperidine rings is 1. The summed E-state index contributed by atoms with van der Waals surface area (Å²) in [7, 11) is 0. The minimum atomic E-state index is -0.363. The molecule has 1 aromatic carbocycles. The highest BCUT2D eigenvalue weighted by Gasteiger charge is 2.18. The van der Waals surface area contributed by atoms with E-state index in [2.05, 4.69) is 17.1 Å². The second-order valence-electron chi connectivity index (χ2n) is 4.65. The van der Waals surface area contributed by atoms with E-state index in [9.17, 15) is 4.39 Å². The Morgan fingerprint density at radius 1 is 1.44 bits per heavy atom. The van der Waals surface area contributed by atoms with E-state index in [-0.39, 0.29) is 5.82 Å². The van der Waals surface area contributed by atoms with Crippen LogP contribution in [-0.4, -0.2) is 30.6 Å². The Morgan fingerprint density at radius 2 is 2.17 bits per heavy atom. The molecule has 0 unspecified atom stereocenters. The standard InChI is InChI=1S/C14H18FN3/c1-2-18-7-5-13(6-8-18)17-14-4-3-12(15)9-11(14)10-16/h3-4,9,13,17H,2,5-8H2,1H3. The monoisotopic (exact) mass is 247 g/mol. The van der Waals surface area contributed by atoms with Crippen LogP contribution in [0.15, 0.2) is 18.2 Å². The number of likely N-dealkylation sites (tertiary alicyclic amines) is 1. The van der Waals surface area contributed by atoms with Gasteiger partial charge in [0.15, 0.2) is 0 Å². The molecule has 1 aliphatic rings. The van der Waals surface area contributed by atoms with Gasteiger partial charge in [-0.1, -0.05) is 6.92 Å². The lowest BCUT2D eigenvalue weighted by Gasteiger charge is -2.32. The number of nitriles is 1. The van der Waals surface area contributed by atoms with Crippen molar-refractivity contribution < 1.29 is 4.39 Å². The Labute approximate surface area is 107 Å². The molecule has 1 fully saturated rings. The van der Waals surface area contributed by atoms with Crippen LogP contribution in [0.5, 0.6) is 0 Å². The molecule has 0 amide bonds. The summed E-state index contributed by atoms with van der Waals surface area (Å²) in [5, 5.41) is 12.3. The molecule has 1 N–H and O–H groups in total. The fraction of sp³-hybridized carbons (Fsp3) is 0.500. The van der Waals surface area contributed by atoms with Gasteiger partial charge in [-0.2, -0.15) is 5.26 Å². The zero-order valence-electron chi connectivity index (χ0n) is 10.6. The average Bonchev–Trinajstić information content (AvgIpc) is 2.41. The van der Waals surface area contributed by atoms with Crippen molar-refractivity contribution in [3.05, 3.63) is 29.6 Å². The van der Waals surface area contributed by atoms with Crippen LogP contribution in [-0.2, 0) is 0 Å². The van der Waals surface area contributed by atoms with E-state index in [4.69, 9.17) is 5.26 Å². The molecular formula is C14H18FN3. The Hall–Kier alpha value is -1.60. The van der Waals surface area contributed by atoms with Crippen LogP contribution in [0.3, 0.4) is 0 Å². The van der Waals surface area contributed by atoms with E-state index in [0.29, 0.717) is 11.6 Å². The molecule has 0 aliphatic carbocycles. The predicted octanol–water partition coefficient (Wildman–Crippen LogP) is 2.59. The van der Waals surface area contributed by atoms with Gasteiger partial charge < -0.3 is 10.2 Å². The van der Waals surface area contributed by atoms with Crippen LogP contribution in [0.4, 0.5) is 10.1 Å². The Balaban J connectivity index is 2.00. The maximum Gasteiger partial charge on any atom is 0.124 e. The van der Waals surface area contributed by atoms with Crippen molar-refractivity contribution in [2.75, 3.05) is 25.0 Å². The highest BCUT2D eigenvalue weighted by molar-refractivity contribution is 5.57. The molecule has 0 bridgehead atoms. The number of halogens is 1. The van der Waals surface area contributed by atoms with E-state index in [1.807, 2.05) is 6.07 Å². The number of benzene rings is 1. The molecule has 1 aromatic rings. The van der Waals surface area contributed by atoms with Crippen molar-refractivity contribution in [1.82, 2.24) is 4.90 Å². The molecule has 0 saturated carbocycles. The minimum absolute atomic E-state index is 0.363.